The maximum absolute atomic E-state index is 14.6. The van der Waals surface area contributed by atoms with Crippen molar-refractivity contribution in [1.29, 1.82) is 0 Å². The van der Waals surface area contributed by atoms with E-state index in [2.05, 4.69) is 20.3 Å². The Morgan fingerprint density at radius 2 is 1.94 bits per heavy atom. The lowest BCUT2D eigenvalue weighted by Gasteiger charge is -2.43. The summed E-state index contributed by atoms with van der Waals surface area (Å²) < 4.78 is 67.6. The maximum atomic E-state index is 14.6. The summed E-state index contributed by atoms with van der Waals surface area (Å²) in [5, 5.41) is 3.49. The minimum atomic E-state index is -4.52. The van der Waals surface area contributed by atoms with Gasteiger partial charge in [-0.1, -0.05) is 13.0 Å². The molecule has 0 aromatic carbocycles. The monoisotopic (exact) mass is 525 g/mol. The molecule has 3 aromatic heterocycles. The number of nitrogens with zero attached hydrogens (tertiary/aromatic N) is 4. The van der Waals surface area contributed by atoms with E-state index < -0.39 is 48.5 Å². The van der Waals surface area contributed by atoms with E-state index in [-0.39, 0.29) is 18.1 Å². The Kier molecular flexibility index (Phi) is 7.00. The molecule has 1 aliphatic rings. The Morgan fingerprint density at radius 3 is 2.58 bits per heavy atom. The normalized spacial score (nSPS) is 19.8. The van der Waals surface area contributed by atoms with Crippen molar-refractivity contribution in [2.45, 2.75) is 45.3 Å². The Labute approximate surface area is 208 Å². The molecular weight excluding hydrogens is 501 g/mol. The molecule has 1 aliphatic heterocycles. The van der Waals surface area contributed by atoms with Crippen LogP contribution in [0.25, 0.3) is 10.6 Å². The number of carbonyl (C=O) groups excluding carboxylic acids is 1. The number of aryl methyl sites for hydroxylation is 2. The zero-order valence-corrected chi connectivity index (χ0v) is 20.6. The molecule has 4 rings (SSSR count). The van der Waals surface area contributed by atoms with Crippen LogP contribution in [0.1, 0.15) is 40.1 Å². The van der Waals surface area contributed by atoms with Gasteiger partial charge in [0.25, 0.3) is 11.8 Å². The van der Waals surface area contributed by atoms with Crippen molar-refractivity contribution in [3.8, 4) is 10.6 Å². The van der Waals surface area contributed by atoms with E-state index in [0.29, 0.717) is 21.8 Å². The van der Waals surface area contributed by atoms with Gasteiger partial charge in [0.2, 0.25) is 0 Å². The van der Waals surface area contributed by atoms with Gasteiger partial charge in [0.1, 0.15) is 11.5 Å². The number of likely N-dealkylation sites (tertiary alicyclic amines) is 1. The van der Waals surface area contributed by atoms with Crippen LogP contribution in [0.4, 0.5) is 27.8 Å². The first kappa shape index (κ1) is 25.9. The summed E-state index contributed by atoms with van der Waals surface area (Å²) in [6.45, 7) is 4.39. The number of aromatic nitrogens is 3. The standard InChI is InChI=1S/C24H24F5N5OS/c1-13-9-23(25,26)12-34(18(13)11-31-19-8-7-16(10-30-19)24(27,28)29)22(35)20-21(36-15(3)33-20)17-6-4-5-14(2)32-17/h4-8,10,13,18H,9,11-12H2,1-3H3,(H,30,31)/t13-,18-/m1/s1. The van der Waals surface area contributed by atoms with Crippen LogP contribution in [-0.2, 0) is 6.18 Å². The van der Waals surface area contributed by atoms with E-state index in [1.54, 1.807) is 26.0 Å². The van der Waals surface area contributed by atoms with Crippen LogP contribution >= 0.6 is 11.3 Å². The zero-order chi connectivity index (χ0) is 26.3. The molecule has 1 N–H and O–H groups in total. The zero-order valence-electron chi connectivity index (χ0n) is 19.7. The van der Waals surface area contributed by atoms with Crippen LogP contribution < -0.4 is 5.32 Å². The van der Waals surface area contributed by atoms with E-state index in [4.69, 9.17) is 0 Å². The fourth-order valence-corrected chi connectivity index (χ4v) is 5.19. The molecule has 6 nitrogen and oxygen atoms in total. The number of hydrogen-bond acceptors (Lipinski definition) is 6. The second-order valence-corrected chi connectivity index (χ2v) is 10.1. The van der Waals surface area contributed by atoms with Gasteiger partial charge in [0.15, 0.2) is 0 Å². The fraction of sp³-hybridized carbons (Fsp3) is 0.417. The first-order valence-electron chi connectivity index (χ1n) is 11.2. The van der Waals surface area contributed by atoms with Gasteiger partial charge in [-0.25, -0.2) is 18.7 Å². The number of anilines is 1. The third kappa shape index (κ3) is 5.63. The minimum Gasteiger partial charge on any atom is -0.368 e. The van der Waals surface area contributed by atoms with Crippen LogP contribution in [0.15, 0.2) is 36.5 Å². The van der Waals surface area contributed by atoms with Crippen LogP contribution in [-0.4, -0.2) is 50.8 Å². The van der Waals surface area contributed by atoms with E-state index in [1.165, 1.54) is 17.4 Å². The van der Waals surface area contributed by atoms with Crippen molar-refractivity contribution < 1.29 is 26.7 Å². The molecule has 3 aromatic rings. The lowest BCUT2D eigenvalue weighted by molar-refractivity contribution is -0.137. The number of piperidine rings is 1. The van der Waals surface area contributed by atoms with Gasteiger partial charge >= 0.3 is 6.18 Å². The summed E-state index contributed by atoms with van der Waals surface area (Å²) in [5.74, 6) is -4.18. The van der Waals surface area contributed by atoms with Gasteiger partial charge in [0, 0.05) is 24.9 Å². The number of halogens is 5. The first-order valence-corrected chi connectivity index (χ1v) is 12.0. The molecule has 0 bridgehead atoms. The number of amides is 1. The van der Waals surface area contributed by atoms with Crippen molar-refractivity contribution in [3.05, 3.63) is 58.5 Å². The highest BCUT2D eigenvalue weighted by Crippen LogP contribution is 2.37. The molecule has 0 unspecified atom stereocenters. The average molecular weight is 526 g/mol. The molecule has 192 valence electrons. The number of hydrogen-bond donors (Lipinski definition) is 1. The third-order valence-electron chi connectivity index (χ3n) is 5.98. The first-order chi connectivity index (χ1) is 16.8. The van der Waals surface area contributed by atoms with Gasteiger partial charge in [-0.05, 0) is 44.0 Å². The smallest absolute Gasteiger partial charge is 0.368 e. The number of pyridine rings is 2. The van der Waals surface area contributed by atoms with Crippen molar-refractivity contribution in [1.82, 2.24) is 19.9 Å². The van der Waals surface area contributed by atoms with E-state index >= 15 is 0 Å². The highest BCUT2D eigenvalue weighted by molar-refractivity contribution is 7.15. The van der Waals surface area contributed by atoms with E-state index in [0.717, 1.165) is 16.7 Å². The Bertz CT molecular complexity index is 1240. The van der Waals surface area contributed by atoms with Crippen LogP contribution in [0.2, 0.25) is 0 Å². The van der Waals surface area contributed by atoms with Crippen molar-refractivity contribution in [2.75, 3.05) is 18.4 Å². The SMILES string of the molecule is Cc1cccc(-c2sc(C)nc2C(=O)N2CC(F)(F)C[C@@H](C)[C@H]2CNc2ccc(C(F)(F)F)cn2)n1. The molecule has 2 atom stereocenters. The van der Waals surface area contributed by atoms with Crippen LogP contribution in [0, 0.1) is 19.8 Å². The van der Waals surface area contributed by atoms with Crippen molar-refractivity contribution >= 4 is 23.1 Å². The molecule has 0 saturated carbocycles. The summed E-state index contributed by atoms with van der Waals surface area (Å²) in [6, 6.07) is 6.73. The Balaban J connectivity index is 1.61. The second-order valence-electron chi connectivity index (χ2n) is 8.92. The average Bonchev–Trinajstić information content (AvgIpc) is 3.18. The third-order valence-corrected chi connectivity index (χ3v) is 6.97. The molecule has 36 heavy (non-hydrogen) atoms. The molecular formula is C24H24F5N5OS. The van der Waals surface area contributed by atoms with Gasteiger partial charge < -0.3 is 10.2 Å². The number of alkyl halides is 5. The summed E-state index contributed by atoms with van der Waals surface area (Å²) in [5.41, 5.74) is 0.426. The lowest BCUT2D eigenvalue weighted by Crippen LogP contribution is -2.57. The number of nitrogens with one attached hydrogen (secondary N) is 1. The van der Waals surface area contributed by atoms with Gasteiger partial charge in [-0.3, -0.25) is 9.78 Å². The molecule has 0 aliphatic carbocycles. The predicted octanol–water partition coefficient (Wildman–Crippen LogP) is 5.83. The summed E-state index contributed by atoms with van der Waals surface area (Å²) in [4.78, 5) is 27.8. The minimum absolute atomic E-state index is 0.0303. The summed E-state index contributed by atoms with van der Waals surface area (Å²) in [7, 11) is 0. The quantitative estimate of drug-likeness (QED) is 0.424. The Hall–Kier alpha value is -3.15. The van der Waals surface area contributed by atoms with Gasteiger partial charge in [0.05, 0.1) is 33.7 Å². The van der Waals surface area contributed by atoms with Gasteiger partial charge in [-0.2, -0.15) is 13.2 Å². The van der Waals surface area contributed by atoms with Crippen LogP contribution in [0.3, 0.4) is 0 Å². The highest BCUT2D eigenvalue weighted by atomic mass is 32.1. The molecule has 0 radical (unpaired) electrons. The van der Waals surface area contributed by atoms with Crippen LogP contribution in [0.5, 0.6) is 0 Å². The molecule has 12 heteroatoms. The number of thiazole rings is 1. The van der Waals surface area contributed by atoms with E-state index in [1.807, 2.05) is 13.0 Å². The summed E-state index contributed by atoms with van der Waals surface area (Å²) in [6.07, 6.45) is -4.25. The predicted molar refractivity (Wildman–Crippen MR) is 126 cm³/mol. The maximum Gasteiger partial charge on any atom is 0.417 e. The Morgan fingerprint density at radius 1 is 1.19 bits per heavy atom. The van der Waals surface area contributed by atoms with E-state index in [9.17, 15) is 26.7 Å². The molecule has 0 spiro atoms. The molecule has 4 heterocycles. The number of rotatable bonds is 5. The highest BCUT2D eigenvalue weighted by Gasteiger charge is 2.47. The molecule has 1 amide bonds. The topological polar surface area (TPSA) is 71.0 Å². The fourth-order valence-electron chi connectivity index (χ4n) is 4.31. The summed E-state index contributed by atoms with van der Waals surface area (Å²) >= 11 is 1.26. The van der Waals surface area contributed by atoms with Gasteiger partial charge in [-0.15, -0.1) is 11.3 Å². The number of carbonyl (C=O) groups is 1. The second kappa shape index (κ2) is 9.72. The largest absolute Gasteiger partial charge is 0.417 e. The van der Waals surface area contributed by atoms with Crippen molar-refractivity contribution in [2.24, 2.45) is 5.92 Å². The van der Waals surface area contributed by atoms with Crippen molar-refractivity contribution in [3.63, 3.8) is 0 Å². The lowest BCUT2D eigenvalue weighted by atomic mass is 9.88. The molecule has 1 fully saturated rings. The molecule has 1 saturated heterocycles.